The van der Waals surface area contributed by atoms with Gasteiger partial charge in [0, 0.05) is 0 Å². The predicted octanol–water partition coefficient (Wildman–Crippen LogP) is 2.67. The van der Waals surface area contributed by atoms with Crippen LogP contribution in [-0.4, -0.2) is 41.0 Å². The summed E-state index contributed by atoms with van der Waals surface area (Å²) in [4.78, 5) is 9.40. The Morgan fingerprint density at radius 1 is 1.28 bits per heavy atom. The molecule has 0 saturated heterocycles. The molecule has 1 radical (unpaired) electrons. The third-order valence-electron chi connectivity index (χ3n) is 4.13. The van der Waals surface area contributed by atoms with Crippen molar-refractivity contribution < 1.29 is 5.11 Å². The van der Waals surface area contributed by atoms with E-state index in [0.717, 1.165) is 26.0 Å². The Balaban J connectivity index is 1.52. The van der Waals surface area contributed by atoms with Gasteiger partial charge in [-0.15, -0.1) is 0 Å². The number of rotatable bonds is 4. The number of allylic oxidation sites excluding steroid dienone is 4. The summed E-state index contributed by atoms with van der Waals surface area (Å²) in [5, 5.41) is 20.2. The van der Waals surface area contributed by atoms with Gasteiger partial charge in [0.2, 0.25) is 0 Å². The molecule has 0 bridgehead atoms. The van der Waals surface area contributed by atoms with Crippen LogP contribution in [0.1, 0.15) is 24.0 Å². The maximum absolute atomic E-state index is 9.84. The van der Waals surface area contributed by atoms with Crippen molar-refractivity contribution in [3.05, 3.63) is 65.2 Å². The van der Waals surface area contributed by atoms with E-state index in [2.05, 4.69) is 34.2 Å². The van der Waals surface area contributed by atoms with Crippen LogP contribution in [0.15, 0.2) is 54.4 Å². The van der Waals surface area contributed by atoms with E-state index in [1.807, 2.05) is 24.3 Å². The molecule has 3 aromatic rings. The van der Waals surface area contributed by atoms with Gasteiger partial charge in [-0.2, -0.15) is 0 Å². The number of aliphatic hydroxyl groups is 1. The third kappa shape index (κ3) is 3.50. The minimum atomic E-state index is -0.333. The minimum absolute atomic E-state index is 0.239. The molecule has 1 aliphatic carbocycles. The molecule has 0 amide bonds. The van der Waals surface area contributed by atoms with Crippen molar-refractivity contribution in [3.63, 3.8) is 0 Å². The third-order valence-corrected chi connectivity index (χ3v) is 7.58. The Bertz CT molecular complexity index is 951. The number of hydrogen-bond acceptors (Lipinski definition) is 6. The van der Waals surface area contributed by atoms with Crippen LogP contribution in [0.5, 0.6) is 0 Å². The van der Waals surface area contributed by atoms with E-state index in [9.17, 15) is 5.11 Å². The molecular weight excluding hydrogens is 395 g/mol. The van der Waals surface area contributed by atoms with E-state index in [4.69, 9.17) is 4.98 Å². The first-order valence-electron chi connectivity index (χ1n) is 7.92. The quantitative estimate of drug-likeness (QED) is 0.669. The summed E-state index contributed by atoms with van der Waals surface area (Å²) in [7, 11) is 0. The molecule has 0 spiro atoms. The first-order valence-corrected chi connectivity index (χ1v) is 11.0. The number of hydrogen-bond donors (Lipinski definition) is 1. The molecule has 0 aliphatic heterocycles. The molecule has 1 atom stereocenters. The van der Waals surface area contributed by atoms with E-state index in [1.54, 1.807) is 23.6 Å². The summed E-state index contributed by atoms with van der Waals surface area (Å²) in [6.07, 6.45) is 7.89. The van der Waals surface area contributed by atoms with Crippen molar-refractivity contribution in [2.75, 3.05) is 0 Å². The summed E-state index contributed by atoms with van der Waals surface area (Å²) in [5.41, 5.74) is 1.58. The number of nitrogens with zero attached hydrogens (tertiary/aromatic N) is 4. The monoisotopic (exact) mass is 411 g/mol. The van der Waals surface area contributed by atoms with E-state index < -0.39 is 0 Å². The molecule has 4 rings (SSSR count). The van der Waals surface area contributed by atoms with Crippen LogP contribution >= 0.6 is 11.3 Å². The van der Waals surface area contributed by atoms with Crippen molar-refractivity contribution >= 4 is 41.9 Å². The second-order valence-corrected chi connectivity index (χ2v) is 9.43. The standard InChI is InChI=1S/C18H16AsN4OS/c1-18(8-4-5-12(24)9-18)15-11-20-23-17(22-15)19-10-16-21-13-6-2-3-7-14(13)25-16/h2-8,11,24H,9-10H2,1H3. The first-order chi connectivity index (χ1) is 12.1. The van der Waals surface area contributed by atoms with E-state index in [0.29, 0.717) is 12.2 Å². The fraction of sp³-hybridized carbons (Fsp3) is 0.222. The fourth-order valence-electron chi connectivity index (χ4n) is 2.80. The van der Waals surface area contributed by atoms with Gasteiger partial charge in [0.15, 0.2) is 0 Å². The molecular formula is C18H16AsN4OS. The van der Waals surface area contributed by atoms with Crippen LogP contribution in [-0.2, 0) is 10.6 Å². The van der Waals surface area contributed by atoms with Crippen molar-refractivity contribution in [2.45, 2.75) is 24.0 Å². The van der Waals surface area contributed by atoms with Crippen LogP contribution in [0.3, 0.4) is 0 Å². The van der Waals surface area contributed by atoms with Gasteiger partial charge < -0.3 is 0 Å². The van der Waals surface area contributed by atoms with Gasteiger partial charge in [-0.05, 0) is 0 Å². The van der Waals surface area contributed by atoms with E-state index in [1.165, 1.54) is 4.70 Å². The van der Waals surface area contributed by atoms with E-state index >= 15 is 0 Å². The topological polar surface area (TPSA) is 71.8 Å². The van der Waals surface area contributed by atoms with Gasteiger partial charge in [0.1, 0.15) is 0 Å². The summed E-state index contributed by atoms with van der Waals surface area (Å²) >= 11 is 1.49. The average Bonchev–Trinajstić information content (AvgIpc) is 3.03. The summed E-state index contributed by atoms with van der Waals surface area (Å²) in [5.74, 6) is 0.368. The Morgan fingerprint density at radius 3 is 3.00 bits per heavy atom. The maximum atomic E-state index is 9.84. The Labute approximate surface area is 156 Å². The second kappa shape index (κ2) is 6.69. The normalized spacial score (nSPS) is 20.4. The number of benzene rings is 1. The Kier molecular flexibility index (Phi) is 4.40. The molecule has 5 nitrogen and oxygen atoms in total. The molecule has 1 unspecified atom stereocenters. The summed E-state index contributed by atoms with van der Waals surface area (Å²) in [6.45, 7) is 2.06. The summed E-state index contributed by atoms with van der Waals surface area (Å²) < 4.78 is 2.02. The van der Waals surface area contributed by atoms with Gasteiger partial charge in [-0.3, -0.25) is 0 Å². The Hall–Kier alpha value is -2.04. The predicted molar refractivity (Wildman–Crippen MR) is 100 cm³/mol. The molecule has 0 fully saturated rings. The van der Waals surface area contributed by atoms with Crippen LogP contribution < -0.4 is 4.61 Å². The molecule has 25 heavy (non-hydrogen) atoms. The SMILES string of the molecule is CC1(c2cnnc([As]Cc3nc4ccccc4s3)n2)C=CC=C(O)C1. The fourth-order valence-corrected chi connectivity index (χ4v) is 5.72. The van der Waals surface area contributed by atoms with Gasteiger partial charge in [-0.25, -0.2) is 0 Å². The van der Waals surface area contributed by atoms with Crippen LogP contribution in [0.2, 0.25) is 0 Å². The zero-order valence-electron chi connectivity index (χ0n) is 13.6. The zero-order chi connectivity index (χ0) is 17.3. The summed E-state index contributed by atoms with van der Waals surface area (Å²) in [6, 6.07) is 8.19. The van der Waals surface area contributed by atoms with Gasteiger partial charge in [-0.1, -0.05) is 0 Å². The Morgan fingerprint density at radius 2 is 2.16 bits per heavy atom. The molecule has 2 heterocycles. The molecule has 0 saturated carbocycles. The number of para-hydroxylation sites is 1. The van der Waals surface area contributed by atoms with Crippen molar-refractivity contribution in [3.8, 4) is 0 Å². The number of thiazole rings is 1. The number of fused-ring (bicyclic) bond motifs is 1. The molecule has 1 aromatic carbocycles. The zero-order valence-corrected chi connectivity index (χ0v) is 16.3. The van der Waals surface area contributed by atoms with Crippen molar-refractivity contribution in [1.82, 2.24) is 20.2 Å². The molecule has 1 aliphatic rings. The molecule has 125 valence electrons. The first kappa shape index (κ1) is 16.4. The average molecular weight is 411 g/mol. The number of aliphatic hydroxyl groups excluding tert-OH is 1. The van der Waals surface area contributed by atoms with Gasteiger partial charge >= 0.3 is 156 Å². The number of aromatic nitrogens is 4. The second-order valence-electron chi connectivity index (χ2n) is 6.14. The van der Waals surface area contributed by atoms with Gasteiger partial charge in [0.25, 0.3) is 0 Å². The van der Waals surface area contributed by atoms with Crippen LogP contribution in [0, 0.1) is 0 Å². The molecule has 1 N–H and O–H groups in total. The van der Waals surface area contributed by atoms with Crippen molar-refractivity contribution in [2.24, 2.45) is 0 Å². The molecule has 7 heteroatoms. The van der Waals surface area contributed by atoms with Crippen LogP contribution in [0.4, 0.5) is 0 Å². The van der Waals surface area contributed by atoms with E-state index in [-0.39, 0.29) is 21.2 Å². The van der Waals surface area contributed by atoms with Crippen molar-refractivity contribution in [1.29, 1.82) is 0 Å². The van der Waals surface area contributed by atoms with Gasteiger partial charge in [0.05, 0.1) is 0 Å². The molecule has 2 aromatic heterocycles. The van der Waals surface area contributed by atoms with Crippen LogP contribution in [0.25, 0.3) is 10.2 Å².